The molecule has 0 aliphatic heterocycles. The average Bonchev–Trinajstić information content (AvgIpc) is 2.59. The summed E-state index contributed by atoms with van der Waals surface area (Å²) in [4.78, 5) is 11.7. The Kier molecular flexibility index (Phi) is 7.14. The molecule has 0 spiro atoms. The van der Waals surface area contributed by atoms with Crippen LogP contribution in [0.25, 0.3) is 0 Å². The predicted octanol–water partition coefficient (Wildman–Crippen LogP) is 1.28. The normalized spacial score (nSPS) is 11.6. The lowest BCUT2D eigenvalue weighted by atomic mass is 10.2. The van der Waals surface area contributed by atoms with E-state index in [9.17, 15) is 18.5 Å². The molecule has 8 nitrogen and oxygen atoms in total. The summed E-state index contributed by atoms with van der Waals surface area (Å²) in [5.74, 6) is 0. The highest BCUT2D eigenvalue weighted by Gasteiger charge is 2.21. The Labute approximate surface area is 163 Å². The molecule has 0 fully saturated rings. The van der Waals surface area contributed by atoms with Crippen molar-refractivity contribution >= 4 is 33.0 Å². The van der Waals surface area contributed by atoms with Gasteiger partial charge in [-0.25, -0.2) is 13.1 Å². The van der Waals surface area contributed by atoms with E-state index in [1.807, 2.05) is 20.2 Å². The number of nitrogens with one attached hydrogen (secondary N) is 3. The van der Waals surface area contributed by atoms with Gasteiger partial charge in [0, 0.05) is 17.6 Å². The molecule has 0 saturated carbocycles. The number of anilines is 1. The van der Waals surface area contributed by atoms with Crippen LogP contribution in [0.5, 0.6) is 0 Å². The summed E-state index contributed by atoms with van der Waals surface area (Å²) in [7, 11) is -0.00985. The number of benzene rings is 2. The summed E-state index contributed by atoms with van der Waals surface area (Å²) in [6.45, 7) is 1.16. The van der Waals surface area contributed by atoms with E-state index in [0.717, 1.165) is 16.5 Å². The van der Waals surface area contributed by atoms with E-state index in [4.69, 9.17) is 11.6 Å². The minimum atomic E-state index is -3.81. The van der Waals surface area contributed by atoms with Gasteiger partial charge in [0.15, 0.2) is 0 Å². The van der Waals surface area contributed by atoms with Gasteiger partial charge in [-0.3, -0.25) is 10.1 Å². The zero-order chi connectivity index (χ0) is 20.0. The Morgan fingerprint density at radius 3 is 2.56 bits per heavy atom. The molecule has 146 valence electrons. The van der Waals surface area contributed by atoms with Gasteiger partial charge in [-0.15, -0.1) is 0 Å². The van der Waals surface area contributed by atoms with Crippen LogP contribution in [0, 0.1) is 10.1 Å². The molecule has 0 aliphatic rings. The van der Waals surface area contributed by atoms with Gasteiger partial charge >= 0.3 is 0 Å². The number of nitrogens with zero attached hydrogens (tertiary/aromatic N) is 1. The van der Waals surface area contributed by atoms with Crippen molar-refractivity contribution in [3.05, 3.63) is 63.2 Å². The van der Waals surface area contributed by atoms with Crippen LogP contribution in [0.2, 0.25) is 5.02 Å². The largest absolute Gasteiger partial charge is 0.375 e. The van der Waals surface area contributed by atoms with Crippen molar-refractivity contribution in [2.45, 2.75) is 11.4 Å². The average molecular weight is 414 g/mol. The van der Waals surface area contributed by atoms with Crippen molar-refractivity contribution in [2.24, 2.45) is 0 Å². The van der Waals surface area contributed by atoms with E-state index in [1.54, 1.807) is 18.2 Å². The van der Waals surface area contributed by atoms with Crippen LogP contribution in [0.1, 0.15) is 5.56 Å². The summed E-state index contributed by atoms with van der Waals surface area (Å²) >= 11 is 5.93. The monoisotopic (exact) mass is 413 g/mol. The summed E-state index contributed by atoms with van der Waals surface area (Å²) in [6, 6.07) is 10.9. The molecule has 0 atom stereocenters. The maximum Gasteiger partial charge on any atom is 0.293 e. The summed E-state index contributed by atoms with van der Waals surface area (Å²) in [5, 5.41) is 14.9. The molecule has 0 saturated heterocycles. The van der Waals surface area contributed by atoms with Crippen molar-refractivity contribution in [1.29, 1.82) is 0 Å². The molecule has 10 heteroatoms. The van der Waals surface area contributed by atoms with Gasteiger partial charge in [-0.1, -0.05) is 23.7 Å². The van der Waals surface area contributed by atoms with Crippen LogP contribution in [-0.2, 0) is 16.6 Å². The third-order valence-corrected chi connectivity index (χ3v) is 5.46. The summed E-state index contributed by atoms with van der Waals surface area (Å²) in [6.07, 6.45) is 0. The van der Waals surface area contributed by atoms with E-state index < -0.39 is 14.9 Å². The zero-order valence-electron chi connectivity index (χ0n) is 15.0. The van der Waals surface area contributed by atoms with Crippen LogP contribution in [0.4, 0.5) is 11.4 Å². The number of sulfonamides is 1. The number of hydrogen-bond acceptors (Lipinski definition) is 5. The van der Waals surface area contributed by atoms with Crippen molar-refractivity contribution in [1.82, 2.24) is 4.72 Å². The van der Waals surface area contributed by atoms with Crippen LogP contribution >= 0.6 is 11.6 Å². The van der Waals surface area contributed by atoms with Gasteiger partial charge in [0.25, 0.3) is 5.69 Å². The van der Waals surface area contributed by atoms with Crippen LogP contribution in [-0.4, -0.2) is 40.5 Å². The molecular weight excluding hydrogens is 392 g/mol. The third-order valence-electron chi connectivity index (χ3n) is 3.77. The first-order chi connectivity index (χ1) is 12.7. The highest BCUT2D eigenvalue weighted by Crippen LogP contribution is 2.28. The Morgan fingerprint density at radius 2 is 1.93 bits per heavy atom. The number of nitro groups is 1. The number of rotatable bonds is 9. The van der Waals surface area contributed by atoms with Crippen molar-refractivity contribution in [2.75, 3.05) is 32.5 Å². The zero-order valence-corrected chi connectivity index (χ0v) is 16.6. The lowest BCUT2D eigenvalue weighted by Crippen LogP contribution is -3.06. The minimum absolute atomic E-state index is 0.142. The number of quaternary nitrogens is 1. The molecule has 2 aromatic rings. The first kappa shape index (κ1) is 21.1. The second kappa shape index (κ2) is 9.14. The molecule has 27 heavy (non-hydrogen) atoms. The summed E-state index contributed by atoms with van der Waals surface area (Å²) in [5.41, 5.74) is 0.774. The molecule has 0 radical (unpaired) electrons. The number of hydrogen-bond donors (Lipinski definition) is 3. The number of likely N-dealkylation sites (N-methyl/N-ethyl adjacent to an activating group) is 1. The topological polar surface area (TPSA) is 106 Å². The van der Waals surface area contributed by atoms with Gasteiger partial charge in [0.2, 0.25) is 10.0 Å². The second-order valence-corrected chi connectivity index (χ2v) is 8.48. The molecule has 0 bridgehead atoms. The molecule has 2 aromatic carbocycles. The molecule has 0 aliphatic carbocycles. The Morgan fingerprint density at radius 1 is 1.19 bits per heavy atom. The summed E-state index contributed by atoms with van der Waals surface area (Å²) < 4.78 is 27.1. The smallest absolute Gasteiger partial charge is 0.293 e. The maximum atomic E-state index is 12.3. The van der Waals surface area contributed by atoms with Gasteiger partial charge in [-0.05, 0) is 29.8 Å². The number of nitro benzene ring substituents is 1. The third kappa shape index (κ3) is 6.17. The second-order valence-electron chi connectivity index (χ2n) is 6.27. The maximum absolute atomic E-state index is 12.3. The quantitative estimate of drug-likeness (QED) is 0.424. The van der Waals surface area contributed by atoms with Crippen molar-refractivity contribution < 1.29 is 18.2 Å². The fourth-order valence-corrected chi connectivity index (χ4v) is 3.61. The van der Waals surface area contributed by atoms with Crippen molar-refractivity contribution in [3.8, 4) is 0 Å². The van der Waals surface area contributed by atoms with Crippen LogP contribution < -0.4 is 14.9 Å². The van der Waals surface area contributed by atoms with E-state index >= 15 is 0 Å². The number of halogens is 1. The van der Waals surface area contributed by atoms with E-state index in [0.29, 0.717) is 18.1 Å². The highest BCUT2D eigenvalue weighted by atomic mass is 35.5. The fourth-order valence-electron chi connectivity index (χ4n) is 2.34. The molecular formula is C17H22ClN4O4S+. The van der Waals surface area contributed by atoms with Gasteiger partial charge in [0.1, 0.15) is 5.69 Å². The first-order valence-corrected chi connectivity index (χ1v) is 10.1. The molecule has 0 amide bonds. The van der Waals surface area contributed by atoms with E-state index in [1.165, 1.54) is 12.1 Å². The minimum Gasteiger partial charge on any atom is -0.375 e. The molecule has 3 N–H and O–H groups in total. The Balaban J connectivity index is 2.19. The van der Waals surface area contributed by atoms with Gasteiger partial charge < -0.3 is 10.2 Å². The highest BCUT2D eigenvalue weighted by molar-refractivity contribution is 7.89. The standard InChI is InChI=1S/C17H21ClN4O4S/c1-21(2)9-8-20-27(25,26)15-6-7-16(17(11-15)22(23)24)19-12-13-4-3-5-14(18)10-13/h3-7,10-11,19-20H,8-9,12H2,1-2H3/p+1. The van der Waals surface area contributed by atoms with E-state index in [-0.39, 0.29) is 22.8 Å². The van der Waals surface area contributed by atoms with Gasteiger partial charge in [0.05, 0.1) is 37.0 Å². The first-order valence-electron chi connectivity index (χ1n) is 8.24. The molecule has 0 heterocycles. The Hall–Kier alpha value is -2.20. The predicted molar refractivity (Wildman–Crippen MR) is 105 cm³/mol. The molecule has 0 aromatic heterocycles. The fraction of sp³-hybridized carbons (Fsp3) is 0.294. The SMILES string of the molecule is C[NH+](C)CCNS(=O)(=O)c1ccc(NCc2cccc(Cl)c2)c([N+](=O)[O-])c1. The van der Waals surface area contributed by atoms with Crippen molar-refractivity contribution in [3.63, 3.8) is 0 Å². The molecule has 0 unspecified atom stereocenters. The lowest BCUT2D eigenvalue weighted by molar-refractivity contribution is -0.856. The Bertz CT molecular complexity index is 919. The van der Waals surface area contributed by atoms with Crippen LogP contribution in [0.15, 0.2) is 47.4 Å². The lowest BCUT2D eigenvalue weighted by Gasteiger charge is -2.11. The van der Waals surface area contributed by atoms with E-state index in [2.05, 4.69) is 10.0 Å². The van der Waals surface area contributed by atoms with Crippen LogP contribution in [0.3, 0.4) is 0 Å². The van der Waals surface area contributed by atoms with Gasteiger partial charge in [-0.2, -0.15) is 0 Å². The molecule has 2 rings (SSSR count).